The minimum Gasteiger partial charge on any atom is -0.449 e. The summed E-state index contributed by atoms with van der Waals surface area (Å²) in [5.74, 6) is -0.000581. The molecule has 7 heteroatoms. The molecule has 0 heterocycles. The zero-order chi connectivity index (χ0) is 15.6. The minimum atomic E-state index is -0.511. The maximum atomic E-state index is 11.2. The summed E-state index contributed by atoms with van der Waals surface area (Å²) in [6.45, 7) is 1.62. The molecule has 2 aromatic rings. The highest BCUT2D eigenvalue weighted by molar-refractivity contribution is 6.34. The summed E-state index contributed by atoms with van der Waals surface area (Å²) in [4.78, 5) is 10.6. The van der Waals surface area contributed by atoms with Gasteiger partial charge in [-0.25, -0.2) is 0 Å². The molecule has 0 fully saturated rings. The Morgan fingerprint density at radius 3 is 2.52 bits per heavy atom. The van der Waals surface area contributed by atoms with Gasteiger partial charge in [0.2, 0.25) is 5.75 Å². The number of nitrogen functional groups attached to an aromatic ring is 1. The van der Waals surface area contributed by atoms with Gasteiger partial charge in [-0.1, -0.05) is 29.8 Å². The van der Waals surface area contributed by atoms with Crippen molar-refractivity contribution in [3.8, 4) is 11.5 Å². The molecule has 0 aromatic heterocycles. The van der Waals surface area contributed by atoms with E-state index in [9.17, 15) is 10.1 Å². The Kier molecular flexibility index (Phi) is 4.09. The lowest BCUT2D eigenvalue weighted by molar-refractivity contribution is -0.386. The van der Waals surface area contributed by atoms with Gasteiger partial charge >= 0.3 is 5.69 Å². The largest absolute Gasteiger partial charge is 0.449 e. The van der Waals surface area contributed by atoms with Crippen molar-refractivity contribution in [1.82, 2.24) is 0 Å². The van der Waals surface area contributed by atoms with Gasteiger partial charge in [0.25, 0.3) is 0 Å². The third-order valence-electron chi connectivity index (χ3n) is 2.85. The summed E-state index contributed by atoms with van der Waals surface area (Å²) in [6.07, 6.45) is 0. The Balaban J connectivity index is 2.54. The number of nitrogens with one attached hydrogen (secondary N) is 1. The summed E-state index contributed by atoms with van der Waals surface area (Å²) in [7, 11) is 0. The van der Waals surface area contributed by atoms with E-state index in [-0.39, 0.29) is 33.6 Å². The third-order valence-corrected chi connectivity index (χ3v) is 3.16. The van der Waals surface area contributed by atoms with E-state index in [2.05, 4.69) is 0 Å². The first-order valence-corrected chi connectivity index (χ1v) is 6.34. The molecule has 0 spiro atoms. The molecule has 0 atom stereocenters. The summed E-state index contributed by atoms with van der Waals surface area (Å²) in [6, 6.07) is 9.48. The van der Waals surface area contributed by atoms with Crippen molar-refractivity contribution in [3.05, 3.63) is 62.7 Å². The summed E-state index contributed by atoms with van der Waals surface area (Å²) in [5.41, 5.74) is 6.03. The SMILES string of the molecule is Cc1cccc(Oc2cccc(Cl)c2C(=N)N)c1[N+](=O)[O-]. The van der Waals surface area contributed by atoms with E-state index in [1.165, 1.54) is 6.07 Å². The van der Waals surface area contributed by atoms with Crippen molar-refractivity contribution in [3.63, 3.8) is 0 Å². The van der Waals surface area contributed by atoms with Crippen molar-refractivity contribution in [1.29, 1.82) is 5.41 Å². The number of ether oxygens (including phenoxy) is 1. The fourth-order valence-corrected chi connectivity index (χ4v) is 2.19. The van der Waals surface area contributed by atoms with Crippen molar-refractivity contribution >= 4 is 23.1 Å². The summed E-state index contributed by atoms with van der Waals surface area (Å²) in [5, 5.41) is 18.9. The molecule has 0 unspecified atom stereocenters. The number of hydrogen-bond acceptors (Lipinski definition) is 4. The molecule has 3 N–H and O–H groups in total. The topological polar surface area (TPSA) is 102 Å². The molecule has 0 radical (unpaired) electrons. The number of benzene rings is 2. The Morgan fingerprint density at radius 1 is 1.29 bits per heavy atom. The molecular weight excluding hydrogens is 294 g/mol. The van der Waals surface area contributed by atoms with Crippen LogP contribution in [0.5, 0.6) is 11.5 Å². The molecule has 0 aliphatic heterocycles. The lowest BCUT2D eigenvalue weighted by atomic mass is 10.1. The lowest BCUT2D eigenvalue weighted by Crippen LogP contribution is -2.13. The van der Waals surface area contributed by atoms with Crippen LogP contribution in [0.1, 0.15) is 11.1 Å². The first-order valence-electron chi connectivity index (χ1n) is 5.96. The van der Waals surface area contributed by atoms with Gasteiger partial charge in [0.15, 0.2) is 0 Å². The summed E-state index contributed by atoms with van der Waals surface area (Å²) < 4.78 is 5.58. The van der Waals surface area contributed by atoms with E-state index in [1.807, 2.05) is 0 Å². The number of nitro groups is 1. The molecule has 0 aliphatic carbocycles. The number of nitro benzene ring substituents is 1. The maximum Gasteiger partial charge on any atom is 0.314 e. The Hall–Kier alpha value is -2.60. The second kappa shape index (κ2) is 5.80. The predicted molar refractivity (Wildman–Crippen MR) is 80.4 cm³/mol. The number of hydrogen-bond donors (Lipinski definition) is 2. The van der Waals surface area contributed by atoms with Crippen LogP contribution in [0.2, 0.25) is 5.02 Å². The van der Waals surface area contributed by atoms with Crippen molar-refractivity contribution < 1.29 is 9.66 Å². The zero-order valence-electron chi connectivity index (χ0n) is 11.1. The first kappa shape index (κ1) is 14.8. The number of nitrogens with two attached hydrogens (primary N) is 1. The molecule has 0 bridgehead atoms. The van der Waals surface area contributed by atoms with Crippen LogP contribution in [0, 0.1) is 22.4 Å². The number of halogens is 1. The van der Waals surface area contributed by atoms with Crippen LogP contribution < -0.4 is 10.5 Å². The number of rotatable bonds is 4. The molecule has 2 aromatic carbocycles. The van der Waals surface area contributed by atoms with Crippen LogP contribution in [0.4, 0.5) is 5.69 Å². The van der Waals surface area contributed by atoms with E-state index in [0.717, 1.165) is 0 Å². The molecule has 6 nitrogen and oxygen atoms in total. The van der Waals surface area contributed by atoms with Crippen molar-refractivity contribution in [2.75, 3.05) is 0 Å². The second-order valence-electron chi connectivity index (χ2n) is 4.31. The molecule has 0 amide bonds. The number of nitrogens with zero attached hydrogens (tertiary/aromatic N) is 1. The Labute approximate surface area is 125 Å². The highest BCUT2D eigenvalue weighted by Gasteiger charge is 2.20. The van der Waals surface area contributed by atoms with E-state index < -0.39 is 4.92 Å². The smallest absolute Gasteiger partial charge is 0.314 e. The highest BCUT2D eigenvalue weighted by Crippen LogP contribution is 2.36. The number of amidine groups is 1. The average molecular weight is 306 g/mol. The predicted octanol–water partition coefficient (Wildman–Crippen LogP) is 3.63. The summed E-state index contributed by atoms with van der Waals surface area (Å²) >= 11 is 5.99. The van der Waals surface area contributed by atoms with Crippen molar-refractivity contribution in [2.24, 2.45) is 5.73 Å². The van der Waals surface area contributed by atoms with Crippen LogP contribution in [0.3, 0.4) is 0 Å². The van der Waals surface area contributed by atoms with Gasteiger partial charge in [-0.2, -0.15) is 0 Å². The van der Waals surface area contributed by atoms with Gasteiger partial charge in [0.1, 0.15) is 11.6 Å². The molecule has 0 aliphatic rings. The molecule has 2 rings (SSSR count). The number of para-hydroxylation sites is 1. The maximum absolute atomic E-state index is 11.2. The second-order valence-corrected chi connectivity index (χ2v) is 4.71. The minimum absolute atomic E-state index is 0.0739. The average Bonchev–Trinajstić information content (AvgIpc) is 2.37. The molecule has 21 heavy (non-hydrogen) atoms. The van der Waals surface area contributed by atoms with Crippen LogP contribution in [0.15, 0.2) is 36.4 Å². The quantitative estimate of drug-likeness (QED) is 0.389. The molecule has 0 saturated heterocycles. The van der Waals surface area contributed by atoms with Crippen LogP contribution >= 0.6 is 11.6 Å². The van der Waals surface area contributed by atoms with E-state index in [1.54, 1.807) is 37.3 Å². The lowest BCUT2D eigenvalue weighted by Gasteiger charge is -2.12. The monoisotopic (exact) mass is 305 g/mol. The Bertz CT molecular complexity index is 670. The van der Waals surface area contributed by atoms with Gasteiger partial charge in [-0.3, -0.25) is 15.5 Å². The number of aryl methyl sites for hydroxylation is 1. The van der Waals surface area contributed by atoms with Crippen LogP contribution in [-0.2, 0) is 0 Å². The van der Waals surface area contributed by atoms with Gasteiger partial charge in [-0.15, -0.1) is 0 Å². The molecule has 0 saturated carbocycles. The van der Waals surface area contributed by atoms with E-state index in [4.69, 9.17) is 27.5 Å². The van der Waals surface area contributed by atoms with Crippen LogP contribution in [0.25, 0.3) is 0 Å². The fourth-order valence-electron chi connectivity index (χ4n) is 1.92. The highest BCUT2D eigenvalue weighted by atomic mass is 35.5. The molecule has 108 valence electrons. The first-order chi connectivity index (χ1) is 9.91. The zero-order valence-corrected chi connectivity index (χ0v) is 11.8. The standard InChI is InChI=1S/C14H12ClN3O3/c1-8-4-2-7-11(13(8)18(19)20)21-10-6-3-5-9(15)12(10)14(16)17/h2-7H,1H3,(H3,16,17). The van der Waals surface area contributed by atoms with Gasteiger partial charge in [0.05, 0.1) is 15.5 Å². The Morgan fingerprint density at radius 2 is 1.90 bits per heavy atom. The molecular formula is C14H12ClN3O3. The van der Waals surface area contributed by atoms with Gasteiger partial charge in [-0.05, 0) is 25.1 Å². The van der Waals surface area contributed by atoms with Gasteiger partial charge in [0, 0.05) is 5.56 Å². The van der Waals surface area contributed by atoms with Gasteiger partial charge < -0.3 is 10.5 Å². The fraction of sp³-hybridized carbons (Fsp3) is 0.0714. The van der Waals surface area contributed by atoms with Crippen molar-refractivity contribution in [2.45, 2.75) is 6.92 Å². The normalized spacial score (nSPS) is 10.2. The van der Waals surface area contributed by atoms with Crippen LogP contribution in [-0.4, -0.2) is 10.8 Å². The third kappa shape index (κ3) is 2.95. The van der Waals surface area contributed by atoms with E-state index in [0.29, 0.717) is 5.56 Å². The van der Waals surface area contributed by atoms with E-state index >= 15 is 0 Å².